The second-order valence-corrected chi connectivity index (χ2v) is 10.1. The minimum atomic E-state index is -3.53. The quantitative estimate of drug-likeness (QED) is 0.508. The van der Waals surface area contributed by atoms with Crippen LogP contribution in [0, 0.1) is 0 Å². The van der Waals surface area contributed by atoms with Gasteiger partial charge in [0.15, 0.2) is 0 Å². The molecular formula is C23H28ClN3O4S. The van der Waals surface area contributed by atoms with Gasteiger partial charge in [0.05, 0.1) is 4.90 Å². The van der Waals surface area contributed by atoms with Gasteiger partial charge in [-0.25, -0.2) is 13.1 Å². The smallest absolute Gasteiger partial charge is 0.309 e. The molecule has 0 radical (unpaired) electrons. The third-order valence-electron chi connectivity index (χ3n) is 5.43. The normalized spacial score (nSPS) is 14.7. The van der Waals surface area contributed by atoms with Crippen LogP contribution in [-0.2, 0) is 32.6 Å². The van der Waals surface area contributed by atoms with Crippen LogP contribution in [0.4, 0.5) is 0 Å². The summed E-state index contributed by atoms with van der Waals surface area (Å²) in [6.07, 6.45) is 5.50. The number of carbonyl (C=O) groups is 2. The number of nitrogens with one attached hydrogen (secondary N) is 3. The zero-order valence-electron chi connectivity index (χ0n) is 17.8. The summed E-state index contributed by atoms with van der Waals surface area (Å²) in [6, 6.07) is 13.6. The van der Waals surface area contributed by atoms with Gasteiger partial charge in [-0.1, -0.05) is 55.1 Å². The Labute approximate surface area is 194 Å². The van der Waals surface area contributed by atoms with Crippen molar-refractivity contribution in [2.24, 2.45) is 0 Å². The minimum Gasteiger partial charge on any atom is -0.348 e. The van der Waals surface area contributed by atoms with Crippen molar-refractivity contribution in [2.75, 3.05) is 6.54 Å². The molecule has 0 saturated heterocycles. The fourth-order valence-corrected chi connectivity index (χ4v) is 5.04. The lowest BCUT2D eigenvalue weighted by Crippen LogP contribution is -2.40. The van der Waals surface area contributed by atoms with Crippen LogP contribution < -0.4 is 15.4 Å². The summed E-state index contributed by atoms with van der Waals surface area (Å²) in [5, 5.41) is 5.73. The van der Waals surface area contributed by atoms with Gasteiger partial charge in [0.2, 0.25) is 10.0 Å². The van der Waals surface area contributed by atoms with E-state index in [0.717, 1.165) is 43.2 Å². The SMILES string of the molecule is O=C(NCCc1ccc(S(=O)(=O)NC2CCCCC2)cc1)C(=O)NCc1ccc(Cl)cc1. The van der Waals surface area contributed by atoms with E-state index in [9.17, 15) is 18.0 Å². The summed E-state index contributed by atoms with van der Waals surface area (Å²) in [7, 11) is -3.53. The second kappa shape index (κ2) is 11.4. The highest BCUT2D eigenvalue weighted by molar-refractivity contribution is 7.89. The van der Waals surface area contributed by atoms with Crippen LogP contribution in [0.1, 0.15) is 43.2 Å². The first kappa shape index (κ1) is 24.2. The van der Waals surface area contributed by atoms with E-state index in [-0.39, 0.29) is 24.0 Å². The van der Waals surface area contributed by atoms with Crippen molar-refractivity contribution in [3.05, 3.63) is 64.7 Å². The van der Waals surface area contributed by atoms with E-state index in [1.165, 1.54) is 0 Å². The first-order valence-corrected chi connectivity index (χ1v) is 12.6. The number of rotatable bonds is 8. The molecule has 2 aromatic rings. The molecule has 0 unspecified atom stereocenters. The van der Waals surface area contributed by atoms with Gasteiger partial charge >= 0.3 is 11.8 Å². The van der Waals surface area contributed by atoms with Crippen LogP contribution in [0.25, 0.3) is 0 Å². The maximum Gasteiger partial charge on any atom is 0.309 e. The summed E-state index contributed by atoms with van der Waals surface area (Å²) in [5.41, 5.74) is 1.70. The number of amides is 2. The van der Waals surface area contributed by atoms with Crippen molar-refractivity contribution in [3.63, 3.8) is 0 Å². The molecule has 1 aliphatic rings. The van der Waals surface area contributed by atoms with E-state index in [1.807, 2.05) is 0 Å². The van der Waals surface area contributed by atoms with Crippen LogP contribution in [0.3, 0.4) is 0 Å². The molecule has 32 heavy (non-hydrogen) atoms. The van der Waals surface area contributed by atoms with Gasteiger partial charge in [0, 0.05) is 24.2 Å². The Morgan fingerprint density at radius 1 is 0.844 bits per heavy atom. The number of sulfonamides is 1. The Bertz CT molecular complexity index is 1020. The topological polar surface area (TPSA) is 104 Å². The fourth-order valence-electron chi connectivity index (χ4n) is 3.61. The molecule has 9 heteroatoms. The molecular weight excluding hydrogens is 450 g/mol. The third-order valence-corrected chi connectivity index (χ3v) is 7.22. The Kier molecular flexibility index (Phi) is 8.67. The average Bonchev–Trinajstić information content (AvgIpc) is 2.79. The summed E-state index contributed by atoms with van der Waals surface area (Å²) < 4.78 is 27.9. The van der Waals surface area contributed by atoms with Crippen molar-refractivity contribution in [1.29, 1.82) is 0 Å². The lowest BCUT2D eigenvalue weighted by molar-refractivity contribution is -0.139. The minimum absolute atomic E-state index is 0.00878. The van der Waals surface area contributed by atoms with Crippen molar-refractivity contribution < 1.29 is 18.0 Å². The summed E-state index contributed by atoms with van der Waals surface area (Å²) >= 11 is 5.82. The maximum absolute atomic E-state index is 12.6. The van der Waals surface area contributed by atoms with Gasteiger partial charge in [0.1, 0.15) is 0 Å². The van der Waals surface area contributed by atoms with Crippen LogP contribution in [0.2, 0.25) is 5.02 Å². The van der Waals surface area contributed by atoms with Gasteiger partial charge in [-0.3, -0.25) is 9.59 Å². The molecule has 172 valence electrons. The maximum atomic E-state index is 12.6. The molecule has 0 aromatic heterocycles. The Balaban J connectivity index is 1.41. The summed E-state index contributed by atoms with van der Waals surface area (Å²) in [5.74, 6) is -1.43. The molecule has 1 aliphatic carbocycles. The molecule has 0 atom stereocenters. The number of hydrogen-bond donors (Lipinski definition) is 3. The fraction of sp³-hybridized carbons (Fsp3) is 0.391. The Morgan fingerprint density at radius 3 is 2.09 bits per heavy atom. The van der Waals surface area contributed by atoms with Crippen molar-refractivity contribution in [1.82, 2.24) is 15.4 Å². The predicted molar refractivity (Wildman–Crippen MR) is 124 cm³/mol. The third kappa shape index (κ3) is 7.32. The van der Waals surface area contributed by atoms with Gasteiger partial charge in [-0.15, -0.1) is 0 Å². The van der Waals surface area contributed by atoms with Gasteiger partial charge in [-0.05, 0) is 54.7 Å². The largest absolute Gasteiger partial charge is 0.348 e. The highest BCUT2D eigenvalue weighted by Crippen LogP contribution is 2.20. The first-order chi connectivity index (χ1) is 15.3. The second-order valence-electron chi connectivity index (χ2n) is 7.92. The molecule has 0 spiro atoms. The van der Waals surface area contributed by atoms with Crippen LogP contribution in [-0.4, -0.2) is 32.8 Å². The number of carbonyl (C=O) groups excluding carboxylic acids is 2. The van der Waals surface area contributed by atoms with E-state index in [0.29, 0.717) is 11.4 Å². The molecule has 2 aromatic carbocycles. The highest BCUT2D eigenvalue weighted by Gasteiger charge is 2.21. The molecule has 0 aliphatic heterocycles. The molecule has 0 heterocycles. The monoisotopic (exact) mass is 477 g/mol. The number of hydrogen-bond acceptors (Lipinski definition) is 4. The molecule has 1 fully saturated rings. The van der Waals surface area contributed by atoms with Crippen molar-refractivity contribution >= 4 is 33.4 Å². The van der Waals surface area contributed by atoms with Crippen LogP contribution >= 0.6 is 11.6 Å². The standard InChI is InChI=1S/C23H28ClN3O4S/c24-19-10-6-18(7-11-19)16-26-23(29)22(28)25-15-14-17-8-12-21(13-9-17)32(30,31)27-20-4-2-1-3-5-20/h6-13,20,27H,1-5,14-16H2,(H,25,28)(H,26,29). The lowest BCUT2D eigenvalue weighted by atomic mass is 9.96. The molecule has 3 rings (SSSR count). The number of halogens is 1. The zero-order chi connectivity index (χ0) is 23.0. The molecule has 1 saturated carbocycles. The van der Waals surface area contributed by atoms with Crippen molar-refractivity contribution in [3.8, 4) is 0 Å². The van der Waals surface area contributed by atoms with E-state index in [4.69, 9.17) is 11.6 Å². The Hall–Kier alpha value is -2.42. The van der Waals surface area contributed by atoms with Crippen LogP contribution in [0.5, 0.6) is 0 Å². The van der Waals surface area contributed by atoms with E-state index in [1.54, 1.807) is 48.5 Å². The molecule has 7 nitrogen and oxygen atoms in total. The Morgan fingerprint density at radius 2 is 1.44 bits per heavy atom. The highest BCUT2D eigenvalue weighted by atomic mass is 35.5. The van der Waals surface area contributed by atoms with Gasteiger partial charge < -0.3 is 10.6 Å². The molecule has 2 amide bonds. The van der Waals surface area contributed by atoms with Gasteiger partial charge in [-0.2, -0.15) is 0 Å². The van der Waals surface area contributed by atoms with Gasteiger partial charge in [0.25, 0.3) is 0 Å². The zero-order valence-corrected chi connectivity index (χ0v) is 19.3. The van der Waals surface area contributed by atoms with E-state index < -0.39 is 21.8 Å². The summed E-state index contributed by atoms with van der Waals surface area (Å²) in [6.45, 7) is 0.494. The summed E-state index contributed by atoms with van der Waals surface area (Å²) in [4.78, 5) is 24.1. The predicted octanol–water partition coefficient (Wildman–Crippen LogP) is 2.93. The van der Waals surface area contributed by atoms with Crippen molar-refractivity contribution in [2.45, 2.75) is 56.0 Å². The van der Waals surface area contributed by atoms with Crippen LogP contribution in [0.15, 0.2) is 53.4 Å². The van der Waals surface area contributed by atoms with E-state index in [2.05, 4.69) is 15.4 Å². The average molecular weight is 478 g/mol. The van der Waals surface area contributed by atoms with E-state index >= 15 is 0 Å². The first-order valence-electron chi connectivity index (χ1n) is 10.8. The lowest BCUT2D eigenvalue weighted by Gasteiger charge is -2.22. The molecule has 3 N–H and O–H groups in total. The molecule has 0 bridgehead atoms. The number of benzene rings is 2.